The molecule has 88 valence electrons. The van der Waals surface area contributed by atoms with Gasteiger partial charge in [-0.25, -0.2) is 0 Å². The van der Waals surface area contributed by atoms with Crippen LogP contribution >= 0.6 is 15.9 Å². The zero-order valence-electron chi connectivity index (χ0n) is 9.51. The van der Waals surface area contributed by atoms with Crippen LogP contribution in [0.15, 0.2) is 28.7 Å². The zero-order valence-corrected chi connectivity index (χ0v) is 11.1. The van der Waals surface area contributed by atoms with Crippen molar-refractivity contribution in [3.05, 3.63) is 28.7 Å². The van der Waals surface area contributed by atoms with E-state index in [0.717, 1.165) is 16.9 Å². The molecule has 1 aliphatic heterocycles. The minimum Gasteiger partial charge on any atom is -0.385 e. The van der Waals surface area contributed by atoms with Crippen LogP contribution in [0.5, 0.6) is 0 Å². The second-order valence-electron chi connectivity index (χ2n) is 4.42. The lowest BCUT2D eigenvalue weighted by Gasteiger charge is -2.22. The van der Waals surface area contributed by atoms with E-state index in [1.165, 1.54) is 38.0 Å². The lowest BCUT2D eigenvalue weighted by Crippen LogP contribution is -2.28. The van der Waals surface area contributed by atoms with E-state index >= 15 is 0 Å². The van der Waals surface area contributed by atoms with Gasteiger partial charge in [-0.05, 0) is 62.5 Å². The van der Waals surface area contributed by atoms with E-state index in [9.17, 15) is 0 Å². The minimum absolute atomic E-state index is 0.907. The number of halogens is 1. The van der Waals surface area contributed by atoms with E-state index in [1.807, 2.05) is 0 Å². The second kappa shape index (κ2) is 6.26. The molecule has 16 heavy (non-hydrogen) atoms. The van der Waals surface area contributed by atoms with Gasteiger partial charge in [-0.2, -0.15) is 0 Å². The quantitative estimate of drug-likeness (QED) is 0.886. The third kappa shape index (κ3) is 3.80. The molecule has 0 aromatic heterocycles. The van der Waals surface area contributed by atoms with Gasteiger partial charge in [0.25, 0.3) is 0 Å². The summed E-state index contributed by atoms with van der Waals surface area (Å²) < 4.78 is 1.14. The van der Waals surface area contributed by atoms with Crippen molar-refractivity contribution >= 4 is 21.6 Å². The summed E-state index contributed by atoms with van der Waals surface area (Å²) in [6.45, 7) is 3.48. The van der Waals surface area contributed by atoms with Crippen molar-refractivity contribution in [2.45, 2.75) is 19.3 Å². The van der Waals surface area contributed by atoms with Gasteiger partial charge >= 0.3 is 0 Å². The fourth-order valence-corrected chi connectivity index (χ4v) is 2.42. The third-order valence-corrected chi connectivity index (χ3v) is 3.71. The minimum atomic E-state index is 0.907. The molecule has 0 aliphatic carbocycles. The summed E-state index contributed by atoms with van der Waals surface area (Å²) in [5, 5.41) is 6.88. The Morgan fingerprint density at radius 1 is 1.19 bits per heavy atom. The highest BCUT2D eigenvalue weighted by molar-refractivity contribution is 9.10. The molecule has 3 heteroatoms. The number of rotatable bonds is 4. The Morgan fingerprint density at radius 2 is 1.88 bits per heavy atom. The second-order valence-corrected chi connectivity index (χ2v) is 5.33. The zero-order chi connectivity index (χ0) is 11.2. The van der Waals surface area contributed by atoms with Crippen LogP contribution in [0.2, 0.25) is 0 Å². The van der Waals surface area contributed by atoms with Gasteiger partial charge in [0.15, 0.2) is 0 Å². The average Bonchev–Trinajstić information content (AvgIpc) is 2.33. The summed E-state index contributed by atoms with van der Waals surface area (Å²) in [7, 11) is 0. The summed E-state index contributed by atoms with van der Waals surface area (Å²) in [6.07, 6.45) is 3.96. The predicted octanol–water partition coefficient (Wildman–Crippen LogP) is 3.25. The highest BCUT2D eigenvalue weighted by Gasteiger charge is 2.11. The smallest absolute Gasteiger partial charge is 0.0340 e. The molecule has 0 radical (unpaired) electrons. The Bertz CT molecular complexity index is 304. The van der Waals surface area contributed by atoms with Gasteiger partial charge in [-0.3, -0.25) is 0 Å². The van der Waals surface area contributed by atoms with Crippen molar-refractivity contribution < 1.29 is 0 Å². The van der Waals surface area contributed by atoms with Crippen molar-refractivity contribution in [1.29, 1.82) is 0 Å². The number of hydrogen-bond acceptors (Lipinski definition) is 2. The number of benzene rings is 1. The third-order valence-electron chi connectivity index (χ3n) is 3.18. The number of anilines is 1. The fraction of sp³-hybridized carbons (Fsp3) is 0.538. The summed E-state index contributed by atoms with van der Waals surface area (Å²) >= 11 is 3.44. The largest absolute Gasteiger partial charge is 0.385 e. The van der Waals surface area contributed by atoms with Crippen molar-refractivity contribution in [2.24, 2.45) is 5.92 Å². The number of piperidine rings is 1. The summed E-state index contributed by atoms with van der Waals surface area (Å²) in [6, 6.07) is 8.39. The molecule has 1 heterocycles. The maximum absolute atomic E-state index is 3.48. The van der Waals surface area contributed by atoms with Crippen LogP contribution in [0.4, 0.5) is 5.69 Å². The molecular weight excluding hydrogens is 264 g/mol. The Hall–Kier alpha value is -0.540. The van der Waals surface area contributed by atoms with E-state index < -0.39 is 0 Å². The Morgan fingerprint density at radius 3 is 2.56 bits per heavy atom. The number of hydrogen-bond donors (Lipinski definition) is 2. The van der Waals surface area contributed by atoms with Gasteiger partial charge in [0, 0.05) is 16.7 Å². The molecule has 0 unspecified atom stereocenters. The molecule has 1 saturated heterocycles. The van der Waals surface area contributed by atoms with E-state index in [2.05, 4.69) is 50.8 Å². The molecule has 0 amide bonds. The lowest BCUT2D eigenvalue weighted by molar-refractivity contribution is 0.361. The van der Waals surface area contributed by atoms with Crippen molar-refractivity contribution in [3.8, 4) is 0 Å². The molecule has 0 bridgehead atoms. The molecule has 2 rings (SSSR count). The SMILES string of the molecule is Brc1ccc(NCCC2CCNCC2)cc1. The summed E-state index contributed by atoms with van der Waals surface area (Å²) in [5.41, 5.74) is 1.22. The Kier molecular flexibility index (Phi) is 4.67. The van der Waals surface area contributed by atoms with Crippen molar-refractivity contribution in [1.82, 2.24) is 5.32 Å². The maximum Gasteiger partial charge on any atom is 0.0340 e. The van der Waals surface area contributed by atoms with Crippen LogP contribution in [0.3, 0.4) is 0 Å². The molecule has 1 fully saturated rings. The van der Waals surface area contributed by atoms with Gasteiger partial charge in [0.1, 0.15) is 0 Å². The van der Waals surface area contributed by atoms with Gasteiger partial charge in [-0.15, -0.1) is 0 Å². The van der Waals surface area contributed by atoms with E-state index in [0.29, 0.717) is 0 Å². The molecule has 0 atom stereocenters. The Balaban J connectivity index is 1.69. The fourth-order valence-electron chi connectivity index (χ4n) is 2.16. The standard InChI is InChI=1S/C13H19BrN2/c14-12-1-3-13(4-2-12)16-10-7-11-5-8-15-9-6-11/h1-4,11,15-16H,5-10H2. The molecule has 2 nitrogen and oxygen atoms in total. The highest BCUT2D eigenvalue weighted by atomic mass is 79.9. The first-order valence-electron chi connectivity index (χ1n) is 6.05. The molecule has 0 saturated carbocycles. The van der Waals surface area contributed by atoms with Gasteiger partial charge < -0.3 is 10.6 Å². The molecular formula is C13H19BrN2. The van der Waals surface area contributed by atoms with Crippen molar-refractivity contribution in [2.75, 3.05) is 25.0 Å². The van der Waals surface area contributed by atoms with Crippen LogP contribution in [-0.2, 0) is 0 Å². The first-order chi connectivity index (χ1) is 7.84. The van der Waals surface area contributed by atoms with Gasteiger partial charge in [0.05, 0.1) is 0 Å². The van der Waals surface area contributed by atoms with Crippen LogP contribution in [0.1, 0.15) is 19.3 Å². The van der Waals surface area contributed by atoms with E-state index in [4.69, 9.17) is 0 Å². The van der Waals surface area contributed by atoms with Gasteiger partial charge in [-0.1, -0.05) is 15.9 Å². The first kappa shape index (κ1) is 11.9. The van der Waals surface area contributed by atoms with Crippen molar-refractivity contribution in [3.63, 3.8) is 0 Å². The molecule has 0 spiro atoms. The molecule has 2 N–H and O–H groups in total. The van der Waals surface area contributed by atoms with E-state index in [1.54, 1.807) is 0 Å². The topological polar surface area (TPSA) is 24.1 Å². The maximum atomic E-state index is 3.48. The first-order valence-corrected chi connectivity index (χ1v) is 6.84. The predicted molar refractivity (Wildman–Crippen MR) is 72.8 cm³/mol. The van der Waals surface area contributed by atoms with Gasteiger partial charge in [0.2, 0.25) is 0 Å². The Labute approximate surface area is 106 Å². The van der Waals surface area contributed by atoms with Crippen LogP contribution in [-0.4, -0.2) is 19.6 Å². The van der Waals surface area contributed by atoms with Crippen LogP contribution in [0, 0.1) is 5.92 Å². The normalized spacial score (nSPS) is 17.3. The molecule has 1 aromatic carbocycles. The van der Waals surface area contributed by atoms with E-state index in [-0.39, 0.29) is 0 Å². The van der Waals surface area contributed by atoms with Crippen LogP contribution < -0.4 is 10.6 Å². The summed E-state index contributed by atoms with van der Waals surface area (Å²) in [5.74, 6) is 0.907. The molecule has 1 aromatic rings. The van der Waals surface area contributed by atoms with Crippen LogP contribution in [0.25, 0.3) is 0 Å². The lowest BCUT2D eigenvalue weighted by atomic mass is 9.95. The highest BCUT2D eigenvalue weighted by Crippen LogP contribution is 2.17. The summed E-state index contributed by atoms with van der Waals surface area (Å²) in [4.78, 5) is 0. The monoisotopic (exact) mass is 282 g/mol. The average molecular weight is 283 g/mol. The number of nitrogens with one attached hydrogen (secondary N) is 2. The molecule has 1 aliphatic rings.